The highest BCUT2D eigenvalue weighted by molar-refractivity contribution is 5.94. The number of piperidine rings is 1. The van der Waals surface area contributed by atoms with Gasteiger partial charge in [-0.05, 0) is 69.6 Å². The lowest BCUT2D eigenvalue weighted by Crippen LogP contribution is -2.38. The highest BCUT2D eigenvalue weighted by Gasteiger charge is 2.21. The first kappa shape index (κ1) is 15.0. The zero-order chi connectivity index (χ0) is 14.7. The maximum atomic E-state index is 13.2. The Kier molecular flexibility index (Phi) is 4.76. The van der Waals surface area contributed by atoms with Gasteiger partial charge < -0.3 is 9.80 Å². The van der Waals surface area contributed by atoms with Gasteiger partial charge >= 0.3 is 0 Å². The molecule has 110 valence electrons. The molecule has 1 aliphatic rings. The fourth-order valence-electron chi connectivity index (χ4n) is 2.71. The summed E-state index contributed by atoms with van der Waals surface area (Å²) in [7, 11) is 3.96. The maximum Gasteiger partial charge on any atom is 0.253 e. The summed E-state index contributed by atoms with van der Waals surface area (Å²) in [6, 6.07) is 4.56. The summed E-state index contributed by atoms with van der Waals surface area (Å²) in [5.74, 6) is 0.285. The third-order valence-corrected chi connectivity index (χ3v) is 4.12. The molecule has 0 bridgehead atoms. The van der Waals surface area contributed by atoms with E-state index in [0.717, 1.165) is 32.5 Å². The average Bonchev–Trinajstić information content (AvgIpc) is 2.43. The number of benzene rings is 1. The van der Waals surface area contributed by atoms with Crippen LogP contribution in [0.1, 0.15) is 28.8 Å². The van der Waals surface area contributed by atoms with Gasteiger partial charge in [0.2, 0.25) is 0 Å². The number of hydrogen-bond acceptors (Lipinski definition) is 2. The molecule has 0 spiro atoms. The molecule has 0 aromatic heterocycles. The summed E-state index contributed by atoms with van der Waals surface area (Å²) in [5, 5.41) is 0. The second-order valence-electron chi connectivity index (χ2n) is 5.90. The molecule has 1 saturated heterocycles. The second-order valence-corrected chi connectivity index (χ2v) is 5.90. The summed E-state index contributed by atoms with van der Waals surface area (Å²) < 4.78 is 13.2. The monoisotopic (exact) mass is 278 g/mol. The van der Waals surface area contributed by atoms with Crippen LogP contribution in [0, 0.1) is 18.7 Å². The second kappa shape index (κ2) is 6.35. The smallest absolute Gasteiger partial charge is 0.253 e. The van der Waals surface area contributed by atoms with Gasteiger partial charge in [-0.25, -0.2) is 4.39 Å². The van der Waals surface area contributed by atoms with Gasteiger partial charge in [-0.15, -0.1) is 0 Å². The number of nitrogens with zero attached hydrogens (tertiary/aromatic N) is 2. The highest BCUT2D eigenvalue weighted by atomic mass is 19.1. The Balaban J connectivity index is 1.96. The molecular formula is C16H23FN2O. The van der Waals surface area contributed by atoms with E-state index in [2.05, 4.69) is 11.9 Å². The zero-order valence-electron chi connectivity index (χ0n) is 12.5. The quantitative estimate of drug-likeness (QED) is 0.848. The van der Waals surface area contributed by atoms with Crippen molar-refractivity contribution in [3.63, 3.8) is 0 Å². The van der Waals surface area contributed by atoms with Crippen molar-refractivity contribution in [3.8, 4) is 0 Å². The van der Waals surface area contributed by atoms with Gasteiger partial charge in [0.05, 0.1) is 0 Å². The van der Waals surface area contributed by atoms with Crippen LogP contribution < -0.4 is 0 Å². The van der Waals surface area contributed by atoms with Crippen LogP contribution in [0.2, 0.25) is 0 Å². The van der Waals surface area contributed by atoms with E-state index in [4.69, 9.17) is 0 Å². The van der Waals surface area contributed by atoms with Crippen molar-refractivity contribution in [2.45, 2.75) is 19.8 Å². The van der Waals surface area contributed by atoms with E-state index < -0.39 is 0 Å². The van der Waals surface area contributed by atoms with E-state index in [0.29, 0.717) is 17.0 Å². The molecule has 1 heterocycles. The minimum absolute atomic E-state index is 0.0213. The summed E-state index contributed by atoms with van der Waals surface area (Å²) in [6.07, 6.45) is 2.27. The van der Waals surface area contributed by atoms with Crippen LogP contribution in [0.25, 0.3) is 0 Å². The van der Waals surface area contributed by atoms with Gasteiger partial charge in [0.15, 0.2) is 0 Å². The van der Waals surface area contributed by atoms with Crippen molar-refractivity contribution >= 4 is 5.91 Å². The van der Waals surface area contributed by atoms with Crippen LogP contribution in [-0.4, -0.2) is 49.4 Å². The van der Waals surface area contributed by atoms with Gasteiger partial charge in [0, 0.05) is 19.2 Å². The molecule has 1 fully saturated rings. The molecule has 0 unspecified atom stereocenters. The van der Waals surface area contributed by atoms with E-state index >= 15 is 0 Å². The highest BCUT2D eigenvalue weighted by Crippen LogP contribution is 2.18. The van der Waals surface area contributed by atoms with Crippen molar-refractivity contribution in [1.82, 2.24) is 9.80 Å². The fraction of sp³-hybridized carbons (Fsp3) is 0.562. The summed E-state index contributed by atoms with van der Waals surface area (Å²) in [4.78, 5) is 16.4. The molecule has 1 aliphatic heterocycles. The third kappa shape index (κ3) is 3.57. The first-order chi connectivity index (χ1) is 9.47. The molecule has 3 nitrogen and oxygen atoms in total. The van der Waals surface area contributed by atoms with Crippen LogP contribution in [0.5, 0.6) is 0 Å². The zero-order valence-corrected chi connectivity index (χ0v) is 12.5. The molecule has 0 saturated carbocycles. The molecule has 1 aromatic carbocycles. The summed E-state index contributed by atoms with van der Waals surface area (Å²) in [6.45, 7) is 4.66. The van der Waals surface area contributed by atoms with E-state index in [-0.39, 0.29) is 11.7 Å². The van der Waals surface area contributed by atoms with Gasteiger partial charge in [-0.2, -0.15) is 0 Å². The van der Waals surface area contributed by atoms with Gasteiger partial charge in [-0.1, -0.05) is 0 Å². The van der Waals surface area contributed by atoms with E-state index in [1.54, 1.807) is 24.0 Å². The number of aryl methyl sites for hydroxylation is 1. The molecule has 0 radical (unpaired) electrons. The van der Waals surface area contributed by atoms with Crippen molar-refractivity contribution in [3.05, 3.63) is 35.1 Å². The first-order valence-electron chi connectivity index (χ1n) is 7.17. The average molecular weight is 278 g/mol. The molecule has 0 N–H and O–H groups in total. The van der Waals surface area contributed by atoms with Gasteiger partial charge in [0.1, 0.15) is 5.82 Å². The van der Waals surface area contributed by atoms with Crippen molar-refractivity contribution in [1.29, 1.82) is 0 Å². The molecule has 0 aliphatic carbocycles. The van der Waals surface area contributed by atoms with E-state index in [1.807, 2.05) is 7.05 Å². The number of carbonyl (C=O) groups is 1. The standard InChI is InChI=1S/C16H23FN2O/c1-12-10-14(4-5-15(12)17)16(20)19(3)11-13-6-8-18(2)9-7-13/h4-5,10,13H,6-9,11H2,1-3H3. The number of likely N-dealkylation sites (tertiary alicyclic amines) is 1. The summed E-state index contributed by atoms with van der Waals surface area (Å²) in [5.41, 5.74) is 1.09. The van der Waals surface area contributed by atoms with E-state index in [1.165, 1.54) is 6.07 Å². The maximum absolute atomic E-state index is 13.2. The number of halogens is 1. The molecule has 2 rings (SSSR count). The summed E-state index contributed by atoms with van der Waals surface area (Å²) >= 11 is 0. The lowest BCUT2D eigenvalue weighted by Gasteiger charge is -2.31. The molecule has 1 aromatic rings. The van der Waals surface area contributed by atoms with E-state index in [9.17, 15) is 9.18 Å². The Hall–Kier alpha value is -1.42. The van der Waals surface area contributed by atoms with Crippen LogP contribution in [-0.2, 0) is 0 Å². The van der Waals surface area contributed by atoms with Crippen molar-refractivity contribution in [2.24, 2.45) is 5.92 Å². The van der Waals surface area contributed by atoms with Crippen molar-refractivity contribution in [2.75, 3.05) is 33.7 Å². The Labute approximate surface area is 120 Å². The Bertz CT molecular complexity index is 481. The molecule has 20 heavy (non-hydrogen) atoms. The first-order valence-corrected chi connectivity index (χ1v) is 7.17. The van der Waals surface area contributed by atoms with Gasteiger partial charge in [-0.3, -0.25) is 4.79 Å². The Morgan fingerprint density at radius 1 is 1.40 bits per heavy atom. The normalized spacial score (nSPS) is 17.2. The predicted molar refractivity (Wildman–Crippen MR) is 78.3 cm³/mol. The largest absolute Gasteiger partial charge is 0.341 e. The molecule has 0 atom stereocenters. The van der Waals surface area contributed by atoms with Crippen molar-refractivity contribution < 1.29 is 9.18 Å². The Morgan fingerprint density at radius 2 is 2.05 bits per heavy atom. The van der Waals surface area contributed by atoms with Gasteiger partial charge in [0.25, 0.3) is 5.91 Å². The lowest BCUT2D eigenvalue weighted by atomic mass is 9.96. The number of hydrogen-bond donors (Lipinski definition) is 0. The van der Waals surface area contributed by atoms with Crippen LogP contribution in [0.4, 0.5) is 4.39 Å². The van der Waals surface area contributed by atoms with Crippen LogP contribution >= 0.6 is 0 Å². The number of carbonyl (C=O) groups excluding carboxylic acids is 1. The molecular weight excluding hydrogens is 255 g/mol. The topological polar surface area (TPSA) is 23.6 Å². The molecule has 4 heteroatoms. The minimum atomic E-state index is -0.264. The lowest BCUT2D eigenvalue weighted by molar-refractivity contribution is 0.0747. The predicted octanol–water partition coefficient (Wildman–Crippen LogP) is 2.55. The Morgan fingerprint density at radius 3 is 2.65 bits per heavy atom. The third-order valence-electron chi connectivity index (χ3n) is 4.12. The SMILES string of the molecule is Cc1cc(C(=O)N(C)CC2CCN(C)CC2)ccc1F. The number of rotatable bonds is 3. The molecule has 1 amide bonds. The van der Waals surface area contributed by atoms with Crippen LogP contribution in [0.3, 0.4) is 0 Å². The number of amides is 1. The minimum Gasteiger partial charge on any atom is -0.341 e. The van der Waals surface area contributed by atoms with Crippen LogP contribution in [0.15, 0.2) is 18.2 Å². The fourth-order valence-corrected chi connectivity index (χ4v) is 2.71.